The SMILES string of the molecule is COCCCCNc1ccc(C(=O)O)cc1F. The van der Waals surface area contributed by atoms with Crippen LogP contribution in [0.1, 0.15) is 23.2 Å². The highest BCUT2D eigenvalue weighted by molar-refractivity contribution is 5.88. The summed E-state index contributed by atoms with van der Waals surface area (Å²) < 4.78 is 18.3. The van der Waals surface area contributed by atoms with Crippen LogP contribution in [0.3, 0.4) is 0 Å². The maximum Gasteiger partial charge on any atom is 0.335 e. The number of hydrogen-bond acceptors (Lipinski definition) is 3. The van der Waals surface area contributed by atoms with E-state index in [9.17, 15) is 9.18 Å². The number of benzene rings is 1. The van der Waals surface area contributed by atoms with Gasteiger partial charge in [-0.25, -0.2) is 9.18 Å². The van der Waals surface area contributed by atoms with Crippen LogP contribution in [0.4, 0.5) is 10.1 Å². The number of carboxylic acids is 1. The molecule has 0 aliphatic rings. The zero-order valence-electron chi connectivity index (χ0n) is 9.70. The first-order valence-electron chi connectivity index (χ1n) is 5.41. The average Bonchev–Trinajstić information content (AvgIpc) is 2.30. The molecule has 0 fully saturated rings. The molecule has 0 heterocycles. The highest BCUT2D eigenvalue weighted by Gasteiger charge is 2.07. The Morgan fingerprint density at radius 2 is 2.24 bits per heavy atom. The standard InChI is InChI=1S/C12H16FNO3/c1-17-7-3-2-6-14-11-5-4-9(12(15)16)8-10(11)13/h4-5,8,14H,2-3,6-7H2,1H3,(H,15,16). The van der Waals surface area contributed by atoms with E-state index in [2.05, 4.69) is 5.32 Å². The summed E-state index contributed by atoms with van der Waals surface area (Å²) in [6.07, 6.45) is 1.77. The van der Waals surface area contributed by atoms with Crippen molar-refractivity contribution in [3.63, 3.8) is 0 Å². The van der Waals surface area contributed by atoms with Gasteiger partial charge in [0.2, 0.25) is 0 Å². The molecule has 94 valence electrons. The number of hydrogen-bond donors (Lipinski definition) is 2. The molecule has 1 aromatic carbocycles. The summed E-state index contributed by atoms with van der Waals surface area (Å²) in [7, 11) is 1.64. The van der Waals surface area contributed by atoms with Crippen LogP contribution in [0.15, 0.2) is 18.2 Å². The zero-order chi connectivity index (χ0) is 12.7. The Hall–Kier alpha value is -1.62. The van der Waals surface area contributed by atoms with Crippen LogP contribution < -0.4 is 5.32 Å². The molecule has 4 nitrogen and oxygen atoms in total. The van der Waals surface area contributed by atoms with E-state index < -0.39 is 11.8 Å². The quantitative estimate of drug-likeness (QED) is 0.719. The van der Waals surface area contributed by atoms with Crippen LogP contribution >= 0.6 is 0 Å². The minimum atomic E-state index is -1.13. The number of rotatable bonds is 7. The molecule has 5 heteroatoms. The number of carbonyl (C=O) groups is 1. The minimum absolute atomic E-state index is 0.0487. The van der Waals surface area contributed by atoms with Crippen LogP contribution in [0.5, 0.6) is 0 Å². The Bertz CT molecular complexity index is 382. The van der Waals surface area contributed by atoms with Gasteiger partial charge in [-0.05, 0) is 31.0 Å². The molecule has 0 bridgehead atoms. The molecule has 2 N–H and O–H groups in total. The van der Waals surface area contributed by atoms with Gasteiger partial charge in [-0.1, -0.05) is 0 Å². The van der Waals surface area contributed by atoms with Gasteiger partial charge in [0.25, 0.3) is 0 Å². The molecule has 0 radical (unpaired) electrons. The summed E-state index contributed by atoms with van der Waals surface area (Å²) in [5, 5.41) is 11.6. The molecule has 1 aromatic rings. The molecule has 0 aliphatic carbocycles. The average molecular weight is 241 g/mol. The smallest absolute Gasteiger partial charge is 0.335 e. The number of ether oxygens (including phenoxy) is 1. The van der Waals surface area contributed by atoms with Crippen molar-refractivity contribution in [3.8, 4) is 0 Å². The largest absolute Gasteiger partial charge is 0.478 e. The molecule has 0 saturated carbocycles. The fraction of sp³-hybridized carbons (Fsp3) is 0.417. The van der Waals surface area contributed by atoms with Crippen molar-refractivity contribution in [2.45, 2.75) is 12.8 Å². The Morgan fingerprint density at radius 1 is 1.47 bits per heavy atom. The molecule has 0 saturated heterocycles. The molecular formula is C12H16FNO3. The van der Waals surface area contributed by atoms with Crippen molar-refractivity contribution in [2.75, 3.05) is 25.6 Å². The molecule has 17 heavy (non-hydrogen) atoms. The second-order valence-electron chi connectivity index (χ2n) is 3.63. The fourth-order valence-electron chi connectivity index (χ4n) is 1.39. The number of anilines is 1. The van der Waals surface area contributed by atoms with Gasteiger partial charge in [0, 0.05) is 20.3 Å². The van der Waals surface area contributed by atoms with Crippen LogP contribution in [0, 0.1) is 5.82 Å². The third-order valence-electron chi connectivity index (χ3n) is 2.31. The van der Waals surface area contributed by atoms with Gasteiger partial charge in [0.15, 0.2) is 0 Å². The van der Waals surface area contributed by atoms with Crippen LogP contribution in [0.2, 0.25) is 0 Å². The van der Waals surface area contributed by atoms with Gasteiger partial charge in [-0.15, -0.1) is 0 Å². The first-order valence-corrected chi connectivity index (χ1v) is 5.41. The maximum atomic E-state index is 13.4. The molecule has 0 unspecified atom stereocenters. The van der Waals surface area contributed by atoms with Crippen molar-refractivity contribution in [2.24, 2.45) is 0 Å². The van der Waals surface area contributed by atoms with Crippen molar-refractivity contribution < 1.29 is 19.0 Å². The lowest BCUT2D eigenvalue weighted by Crippen LogP contribution is -2.06. The first kappa shape index (κ1) is 13.4. The summed E-state index contributed by atoms with van der Waals surface area (Å²) in [6.45, 7) is 1.31. The van der Waals surface area contributed by atoms with Gasteiger partial charge in [0.05, 0.1) is 11.3 Å². The van der Waals surface area contributed by atoms with Crippen LogP contribution in [-0.2, 0) is 4.74 Å². The number of halogens is 1. The van der Waals surface area contributed by atoms with E-state index in [0.29, 0.717) is 18.8 Å². The number of methoxy groups -OCH3 is 1. The molecule has 0 atom stereocenters. The third kappa shape index (κ3) is 4.40. The molecule has 0 aromatic heterocycles. The molecule has 1 rings (SSSR count). The van der Waals surface area contributed by atoms with E-state index in [0.717, 1.165) is 18.9 Å². The summed E-state index contributed by atoms with van der Waals surface area (Å²) >= 11 is 0. The van der Waals surface area contributed by atoms with Crippen molar-refractivity contribution in [1.29, 1.82) is 0 Å². The lowest BCUT2D eigenvalue weighted by molar-refractivity contribution is 0.0696. The van der Waals surface area contributed by atoms with Crippen molar-refractivity contribution in [1.82, 2.24) is 0 Å². The first-order chi connectivity index (χ1) is 8.15. The van der Waals surface area contributed by atoms with E-state index in [-0.39, 0.29) is 5.56 Å². The third-order valence-corrected chi connectivity index (χ3v) is 2.31. The number of carboxylic acid groups (broad SMARTS) is 1. The summed E-state index contributed by atoms with van der Waals surface area (Å²) in [5.74, 6) is -1.67. The zero-order valence-corrected chi connectivity index (χ0v) is 9.70. The Morgan fingerprint density at radius 3 is 2.82 bits per heavy atom. The fourth-order valence-corrected chi connectivity index (χ4v) is 1.39. The van der Waals surface area contributed by atoms with Crippen molar-refractivity contribution in [3.05, 3.63) is 29.6 Å². The second-order valence-corrected chi connectivity index (χ2v) is 3.63. The van der Waals surface area contributed by atoms with Crippen molar-refractivity contribution >= 4 is 11.7 Å². The normalized spacial score (nSPS) is 10.2. The number of aromatic carboxylic acids is 1. The maximum absolute atomic E-state index is 13.4. The van der Waals surface area contributed by atoms with E-state index in [1.807, 2.05) is 0 Å². The highest BCUT2D eigenvalue weighted by Crippen LogP contribution is 2.15. The molecule has 0 aliphatic heterocycles. The van der Waals surface area contributed by atoms with E-state index in [1.54, 1.807) is 7.11 Å². The molecule has 0 amide bonds. The van der Waals surface area contributed by atoms with Gasteiger partial charge >= 0.3 is 5.97 Å². The monoisotopic (exact) mass is 241 g/mol. The lowest BCUT2D eigenvalue weighted by Gasteiger charge is -2.07. The second kappa shape index (κ2) is 6.85. The Balaban J connectivity index is 2.46. The summed E-state index contributed by atoms with van der Waals surface area (Å²) in [5.41, 5.74) is 0.278. The number of nitrogens with one attached hydrogen (secondary N) is 1. The summed E-state index contributed by atoms with van der Waals surface area (Å²) in [6, 6.07) is 3.83. The van der Waals surface area contributed by atoms with Gasteiger partial charge in [-0.3, -0.25) is 0 Å². The Kier molecular flexibility index (Phi) is 5.42. The van der Waals surface area contributed by atoms with Crippen LogP contribution in [0.25, 0.3) is 0 Å². The van der Waals surface area contributed by atoms with Crippen LogP contribution in [-0.4, -0.2) is 31.3 Å². The van der Waals surface area contributed by atoms with E-state index in [4.69, 9.17) is 9.84 Å². The Labute approximate surface area is 99.4 Å². The van der Waals surface area contributed by atoms with Gasteiger partial charge in [0.1, 0.15) is 5.82 Å². The predicted molar refractivity (Wildman–Crippen MR) is 63.0 cm³/mol. The molecule has 0 spiro atoms. The predicted octanol–water partition coefficient (Wildman–Crippen LogP) is 2.36. The minimum Gasteiger partial charge on any atom is -0.478 e. The van der Waals surface area contributed by atoms with Gasteiger partial charge < -0.3 is 15.2 Å². The number of unbranched alkanes of at least 4 members (excludes halogenated alkanes) is 1. The lowest BCUT2D eigenvalue weighted by atomic mass is 10.2. The summed E-state index contributed by atoms with van der Waals surface area (Å²) in [4.78, 5) is 10.6. The highest BCUT2D eigenvalue weighted by atomic mass is 19.1. The topological polar surface area (TPSA) is 58.6 Å². The molecular weight excluding hydrogens is 225 g/mol. The van der Waals surface area contributed by atoms with E-state index >= 15 is 0 Å². The van der Waals surface area contributed by atoms with Gasteiger partial charge in [-0.2, -0.15) is 0 Å². The van der Waals surface area contributed by atoms with E-state index in [1.165, 1.54) is 12.1 Å².